The van der Waals surface area contributed by atoms with Crippen LogP contribution in [0.3, 0.4) is 0 Å². The lowest BCUT2D eigenvalue weighted by Crippen LogP contribution is -2.20. The summed E-state index contributed by atoms with van der Waals surface area (Å²) in [6, 6.07) is 0.526. The van der Waals surface area contributed by atoms with Crippen molar-refractivity contribution >= 4 is 5.82 Å². The van der Waals surface area contributed by atoms with Gasteiger partial charge >= 0.3 is 12.0 Å². The number of halogens is 3. The topological polar surface area (TPSA) is 92.1 Å². The van der Waals surface area contributed by atoms with E-state index in [2.05, 4.69) is 5.10 Å². The zero-order chi connectivity index (χ0) is 10.9. The summed E-state index contributed by atoms with van der Waals surface area (Å²) in [6.07, 6.45) is -7.70. The second kappa shape index (κ2) is 3.25. The van der Waals surface area contributed by atoms with Gasteiger partial charge in [-0.05, 0) is 4.92 Å². The first-order valence-electron chi connectivity index (χ1n) is 3.27. The van der Waals surface area contributed by atoms with Crippen molar-refractivity contribution in [3.8, 4) is 0 Å². The molecule has 0 bridgehead atoms. The van der Waals surface area contributed by atoms with E-state index in [0.29, 0.717) is 6.07 Å². The lowest BCUT2D eigenvalue weighted by Gasteiger charge is -2.09. The molecule has 0 aliphatic heterocycles. The molecule has 14 heavy (non-hydrogen) atoms. The molecule has 1 aromatic heterocycles. The van der Waals surface area contributed by atoms with Crippen LogP contribution in [0, 0.1) is 10.1 Å². The van der Waals surface area contributed by atoms with E-state index in [0.717, 1.165) is 0 Å². The molecule has 0 aliphatic rings. The molecule has 0 unspecified atom stereocenters. The van der Waals surface area contributed by atoms with Gasteiger partial charge in [0.2, 0.25) is 0 Å². The number of H-pyrrole nitrogens is 1. The van der Waals surface area contributed by atoms with E-state index in [1.54, 1.807) is 5.10 Å². The Morgan fingerprint density at radius 3 is 2.57 bits per heavy atom. The summed E-state index contributed by atoms with van der Waals surface area (Å²) in [5, 5.41) is 23.4. The largest absolute Gasteiger partial charge is 0.420 e. The van der Waals surface area contributed by atoms with Gasteiger partial charge in [0.1, 0.15) is 5.69 Å². The van der Waals surface area contributed by atoms with Crippen LogP contribution in [0.2, 0.25) is 0 Å². The van der Waals surface area contributed by atoms with Crippen molar-refractivity contribution in [3.63, 3.8) is 0 Å². The van der Waals surface area contributed by atoms with Gasteiger partial charge in [0, 0.05) is 0 Å². The fraction of sp³-hybridized carbons (Fsp3) is 0.400. The van der Waals surface area contributed by atoms with E-state index in [9.17, 15) is 23.3 Å². The summed E-state index contributed by atoms with van der Waals surface area (Å²) >= 11 is 0. The Bertz CT molecular complexity index is 347. The van der Waals surface area contributed by atoms with Crippen LogP contribution in [0.5, 0.6) is 0 Å². The van der Waals surface area contributed by atoms with Gasteiger partial charge in [-0.3, -0.25) is 0 Å². The predicted octanol–water partition coefficient (Wildman–Crippen LogP) is 0.914. The Morgan fingerprint density at radius 1 is 1.64 bits per heavy atom. The van der Waals surface area contributed by atoms with Crippen molar-refractivity contribution in [2.45, 2.75) is 12.3 Å². The highest BCUT2D eigenvalue weighted by Gasteiger charge is 2.42. The van der Waals surface area contributed by atoms with Crippen LogP contribution < -0.4 is 0 Å². The number of nitrogens with one attached hydrogen (secondary N) is 1. The predicted molar refractivity (Wildman–Crippen MR) is 36.3 cm³/mol. The van der Waals surface area contributed by atoms with Crippen molar-refractivity contribution in [2.24, 2.45) is 0 Å². The van der Waals surface area contributed by atoms with Crippen LogP contribution in [0.15, 0.2) is 6.07 Å². The second-order valence-corrected chi connectivity index (χ2v) is 2.38. The molecule has 0 radical (unpaired) electrons. The van der Waals surface area contributed by atoms with Gasteiger partial charge in [-0.25, -0.2) is 0 Å². The molecule has 9 heteroatoms. The number of nitrogens with zero attached hydrogens (tertiary/aromatic N) is 2. The standard InChI is InChI=1S/C5H4F3N3O3/c6-5(7,8)4(12)2-1-3(10-9-2)11(13)14/h1,4,12H,(H,9,10)/t4-/m0/s1. The molecular formula is C5H4F3N3O3. The number of aliphatic hydroxyl groups is 1. The molecule has 0 aliphatic carbocycles. The lowest BCUT2D eigenvalue weighted by atomic mass is 10.2. The maximum atomic E-state index is 11.9. The van der Waals surface area contributed by atoms with Gasteiger partial charge in [-0.2, -0.15) is 13.2 Å². The summed E-state index contributed by atoms with van der Waals surface area (Å²) in [5.41, 5.74) is -0.829. The Balaban J connectivity index is 2.92. The molecule has 0 saturated carbocycles. The third-order valence-electron chi connectivity index (χ3n) is 1.37. The van der Waals surface area contributed by atoms with Crippen molar-refractivity contribution in [2.75, 3.05) is 0 Å². The second-order valence-electron chi connectivity index (χ2n) is 2.38. The van der Waals surface area contributed by atoms with Gasteiger partial charge in [-0.1, -0.05) is 5.10 Å². The maximum Gasteiger partial charge on any atom is 0.420 e. The highest BCUT2D eigenvalue weighted by atomic mass is 19.4. The van der Waals surface area contributed by atoms with E-state index < -0.39 is 28.7 Å². The number of aromatic nitrogens is 2. The number of aliphatic hydroxyl groups excluding tert-OH is 1. The average Bonchev–Trinajstić information content (AvgIpc) is 2.48. The molecule has 0 spiro atoms. The van der Waals surface area contributed by atoms with Crippen LogP contribution in [-0.2, 0) is 0 Å². The van der Waals surface area contributed by atoms with Gasteiger partial charge in [0.25, 0.3) is 0 Å². The Morgan fingerprint density at radius 2 is 2.21 bits per heavy atom. The SMILES string of the molecule is O=[N+]([O-])c1cc([C@H](O)C(F)(F)F)n[nH]1. The number of alkyl halides is 3. The number of nitro groups is 1. The normalized spacial score (nSPS) is 14.0. The molecule has 0 amide bonds. The van der Waals surface area contributed by atoms with Crippen LogP contribution in [0.1, 0.15) is 11.8 Å². The van der Waals surface area contributed by atoms with Crippen LogP contribution >= 0.6 is 0 Å². The molecule has 1 heterocycles. The molecule has 1 rings (SSSR count). The van der Waals surface area contributed by atoms with E-state index in [-0.39, 0.29) is 0 Å². The molecular weight excluding hydrogens is 207 g/mol. The van der Waals surface area contributed by atoms with Gasteiger partial charge in [0.05, 0.1) is 6.07 Å². The summed E-state index contributed by atoms with van der Waals surface area (Å²) in [6.45, 7) is 0. The molecule has 78 valence electrons. The minimum atomic E-state index is -4.89. The molecule has 2 N–H and O–H groups in total. The van der Waals surface area contributed by atoms with Crippen LogP contribution in [-0.4, -0.2) is 26.4 Å². The fourth-order valence-electron chi connectivity index (χ4n) is 0.728. The number of hydrogen-bond donors (Lipinski definition) is 2. The molecule has 1 atom stereocenters. The number of rotatable bonds is 2. The minimum Gasteiger partial charge on any atom is -0.378 e. The smallest absolute Gasteiger partial charge is 0.378 e. The third-order valence-corrected chi connectivity index (χ3v) is 1.37. The quantitative estimate of drug-likeness (QED) is 0.561. The minimum absolute atomic E-state index is 0.526. The Kier molecular flexibility index (Phi) is 2.43. The first-order valence-corrected chi connectivity index (χ1v) is 3.27. The Labute approximate surface area is 74.5 Å². The van der Waals surface area contributed by atoms with E-state index >= 15 is 0 Å². The van der Waals surface area contributed by atoms with Gasteiger partial charge in [0.15, 0.2) is 6.10 Å². The Hall–Kier alpha value is -1.64. The number of hydrogen-bond acceptors (Lipinski definition) is 4. The first kappa shape index (κ1) is 10.4. The third kappa shape index (κ3) is 1.99. The first-order chi connectivity index (χ1) is 6.32. The lowest BCUT2D eigenvalue weighted by molar-refractivity contribution is -0.389. The summed E-state index contributed by atoms with van der Waals surface area (Å²) in [5.74, 6) is -0.705. The zero-order valence-corrected chi connectivity index (χ0v) is 6.45. The number of aromatic amines is 1. The summed E-state index contributed by atoms with van der Waals surface area (Å²) in [4.78, 5) is 9.11. The summed E-state index contributed by atoms with van der Waals surface area (Å²) in [7, 11) is 0. The molecule has 6 nitrogen and oxygen atoms in total. The van der Waals surface area contributed by atoms with Crippen molar-refractivity contribution in [1.82, 2.24) is 10.2 Å². The summed E-state index contributed by atoms with van der Waals surface area (Å²) < 4.78 is 35.6. The molecule has 0 fully saturated rings. The van der Waals surface area contributed by atoms with Crippen LogP contribution in [0.25, 0.3) is 0 Å². The zero-order valence-electron chi connectivity index (χ0n) is 6.45. The van der Waals surface area contributed by atoms with Crippen molar-refractivity contribution in [1.29, 1.82) is 0 Å². The monoisotopic (exact) mass is 211 g/mol. The highest BCUT2D eigenvalue weighted by Crippen LogP contribution is 2.32. The van der Waals surface area contributed by atoms with Gasteiger partial charge in [-0.15, -0.1) is 5.10 Å². The van der Waals surface area contributed by atoms with Crippen molar-refractivity contribution < 1.29 is 23.2 Å². The van der Waals surface area contributed by atoms with E-state index in [1.165, 1.54) is 0 Å². The van der Waals surface area contributed by atoms with Crippen molar-refractivity contribution in [3.05, 3.63) is 21.9 Å². The highest BCUT2D eigenvalue weighted by molar-refractivity contribution is 5.22. The van der Waals surface area contributed by atoms with E-state index in [4.69, 9.17) is 5.11 Å². The molecule has 0 saturated heterocycles. The van der Waals surface area contributed by atoms with E-state index in [1.807, 2.05) is 0 Å². The fourth-order valence-corrected chi connectivity index (χ4v) is 0.728. The molecule has 0 aromatic carbocycles. The average molecular weight is 211 g/mol. The van der Waals surface area contributed by atoms with Gasteiger partial charge < -0.3 is 15.2 Å². The maximum absolute atomic E-state index is 11.9. The molecule has 1 aromatic rings. The van der Waals surface area contributed by atoms with Crippen LogP contribution in [0.4, 0.5) is 19.0 Å².